The third-order valence-electron chi connectivity index (χ3n) is 6.91. The van der Waals surface area contributed by atoms with Gasteiger partial charge in [-0.25, -0.2) is 4.79 Å². The average molecular weight is 412 g/mol. The van der Waals surface area contributed by atoms with Gasteiger partial charge in [0.05, 0.1) is 0 Å². The van der Waals surface area contributed by atoms with Crippen LogP contribution in [-0.4, -0.2) is 52.3 Å². The van der Waals surface area contributed by atoms with Crippen molar-refractivity contribution < 1.29 is 14.4 Å². The second kappa shape index (κ2) is 9.63. The van der Waals surface area contributed by atoms with Crippen molar-refractivity contribution in [2.45, 2.75) is 88.8 Å². The van der Waals surface area contributed by atoms with Gasteiger partial charge in [0.1, 0.15) is 12.6 Å². The van der Waals surface area contributed by atoms with Crippen LogP contribution in [-0.2, 0) is 16.0 Å². The zero-order valence-electron chi connectivity index (χ0n) is 17.7. The number of urea groups is 1. The van der Waals surface area contributed by atoms with Gasteiger partial charge in [0.2, 0.25) is 5.91 Å². The minimum Gasteiger partial charge on any atom is -0.335 e. The van der Waals surface area contributed by atoms with Crippen LogP contribution in [0.1, 0.15) is 69.8 Å². The fourth-order valence-corrected chi connectivity index (χ4v) is 5.36. The van der Waals surface area contributed by atoms with Crippen molar-refractivity contribution in [1.82, 2.24) is 15.1 Å². The molecule has 0 aromatic heterocycles. The molecule has 0 spiro atoms. The third-order valence-corrected chi connectivity index (χ3v) is 6.91. The van der Waals surface area contributed by atoms with Crippen LogP contribution in [0, 0.1) is 0 Å². The molecule has 0 bridgehead atoms. The van der Waals surface area contributed by atoms with E-state index in [1.54, 1.807) is 0 Å². The minimum atomic E-state index is -0.592. The number of carbonyl (C=O) groups is 3. The standard InChI is InChI=1S/C24H33N3O3/c28-22(27(19-12-6-2-7-13-19)20-14-8-3-9-15-20)17-26-23(29)21(25-24(26)30)16-18-10-4-1-5-11-18/h1,4-5,10-11,19-21H,2-3,6-9,12-17H2,(H,25,30). The molecule has 3 fully saturated rings. The first kappa shape index (κ1) is 20.9. The molecule has 1 heterocycles. The topological polar surface area (TPSA) is 69.7 Å². The van der Waals surface area contributed by atoms with E-state index in [1.165, 1.54) is 12.8 Å². The molecular formula is C24H33N3O3. The van der Waals surface area contributed by atoms with Crippen LogP contribution in [0.4, 0.5) is 4.79 Å². The molecule has 6 heteroatoms. The summed E-state index contributed by atoms with van der Waals surface area (Å²) in [4.78, 5) is 42.0. The normalized spacial score (nSPS) is 23.5. The summed E-state index contributed by atoms with van der Waals surface area (Å²) >= 11 is 0. The van der Waals surface area contributed by atoms with Crippen LogP contribution in [0.5, 0.6) is 0 Å². The maximum Gasteiger partial charge on any atom is 0.325 e. The van der Waals surface area contributed by atoms with Crippen molar-refractivity contribution in [3.05, 3.63) is 35.9 Å². The number of nitrogens with one attached hydrogen (secondary N) is 1. The molecule has 1 aliphatic heterocycles. The van der Waals surface area contributed by atoms with Crippen molar-refractivity contribution in [3.8, 4) is 0 Å². The van der Waals surface area contributed by atoms with Gasteiger partial charge in [0, 0.05) is 18.5 Å². The molecule has 3 aliphatic rings. The van der Waals surface area contributed by atoms with Gasteiger partial charge in [-0.05, 0) is 31.2 Å². The molecule has 2 aliphatic carbocycles. The zero-order chi connectivity index (χ0) is 20.9. The molecule has 0 radical (unpaired) electrons. The highest BCUT2D eigenvalue weighted by atomic mass is 16.2. The van der Waals surface area contributed by atoms with Gasteiger partial charge in [0.15, 0.2) is 0 Å². The second-order valence-electron chi connectivity index (χ2n) is 9.00. The molecule has 1 unspecified atom stereocenters. The molecule has 4 rings (SSSR count). The summed E-state index contributed by atoms with van der Waals surface area (Å²) in [5, 5.41) is 2.77. The molecule has 1 saturated heterocycles. The number of amides is 4. The van der Waals surface area contributed by atoms with Crippen molar-refractivity contribution in [2.75, 3.05) is 6.54 Å². The Morgan fingerprint density at radius 1 is 0.900 bits per heavy atom. The highest BCUT2D eigenvalue weighted by Gasteiger charge is 2.41. The number of hydrogen-bond acceptors (Lipinski definition) is 3. The summed E-state index contributed by atoms with van der Waals surface area (Å²) in [6, 6.07) is 9.14. The van der Waals surface area contributed by atoms with Gasteiger partial charge >= 0.3 is 6.03 Å². The Morgan fingerprint density at radius 3 is 2.03 bits per heavy atom. The predicted octanol–water partition coefficient (Wildman–Crippen LogP) is 3.64. The Labute approximate surface area is 179 Å². The molecule has 4 amide bonds. The second-order valence-corrected chi connectivity index (χ2v) is 9.00. The lowest BCUT2D eigenvalue weighted by Gasteiger charge is -2.42. The first-order chi connectivity index (χ1) is 14.6. The summed E-state index contributed by atoms with van der Waals surface area (Å²) in [5.74, 6) is -0.345. The Morgan fingerprint density at radius 2 is 1.47 bits per heavy atom. The van der Waals surface area contributed by atoms with Crippen LogP contribution in [0.25, 0.3) is 0 Å². The smallest absolute Gasteiger partial charge is 0.325 e. The first-order valence-electron chi connectivity index (χ1n) is 11.6. The van der Waals surface area contributed by atoms with Crippen LogP contribution < -0.4 is 5.32 Å². The largest absolute Gasteiger partial charge is 0.335 e. The van der Waals surface area contributed by atoms with Gasteiger partial charge in [-0.3, -0.25) is 14.5 Å². The zero-order valence-corrected chi connectivity index (χ0v) is 17.7. The van der Waals surface area contributed by atoms with Crippen molar-refractivity contribution >= 4 is 17.8 Å². The lowest BCUT2D eigenvalue weighted by molar-refractivity contribution is -0.142. The number of carbonyl (C=O) groups excluding carboxylic acids is 3. The molecule has 6 nitrogen and oxygen atoms in total. The highest BCUT2D eigenvalue weighted by molar-refractivity contribution is 6.06. The van der Waals surface area contributed by atoms with Crippen LogP contribution in [0.2, 0.25) is 0 Å². The predicted molar refractivity (Wildman–Crippen MR) is 115 cm³/mol. The van der Waals surface area contributed by atoms with Crippen molar-refractivity contribution in [1.29, 1.82) is 0 Å². The summed E-state index contributed by atoms with van der Waals surface area (Å²) < 4.78 is 0. The van der Waals surface area contributed by atoms with Crippen LogP contribution in [0.3, 0.4) is 0 Å². The van der Waals surface area contributed by atoms with E-state index in [0.717, 1.165) is 61.8 Å². The molecule has 162 valence electrons. The van der Waals surface area contributed by atoms with E-state index in [1.807, 2.05) is 30.3 Å². The van der Waals surface area contributed by atoms with E-state index in [2.05, 4.69) is 10.2 Å². The SMILES string of the molecule is O=C1NC(Cc2ccccc2)C(=O)N1CC(=O)N(C1CCCCC1)C1CCCCC1. The number of imide groups is 1. The van der Waals surface area contributed by atoms with Gasteiger partial charge in [-0.1, -0.05) is 68.9 Å². The van der Waals surface area contributed by atoms with E-state index >= 15 is 0 Å². The summed E-state index contributed by atoms with van der Waals surface area (Å²) in [7, 11) is 0. The Bertz CT molecular complexity index is 736. The molecule has 1 aromatic carbocycles. The quantitative estimate of drug-likeness (QED) is 0.727. The molecule has 1 N–H and O–H groups in total. The summed E-state index contributed by atoms with van der Waals surface area (Å²) in [5.41, 5.74) is 0.996. The minimum absolute atomic E-state index is 0.0577. The van der Waals surface area contributed by atoms with Gasteiger partial charge in [-0.15, -0.1) is 0 Å². The molecule has 30 heavy (non-hydrogen) atoms. The lowest BCUT2D eigenvalue weighted by Crippen LogP contribution is -2.52. The first-order valence-corrected chi connectivity index (χ1v) is 11.6. The van der Waals surface area contributed by atoms with E-state index in [9.17, 15) is 14.4 Å². The average Bonchev–Trinajstić information content (AvgIpc) is 3.03. The maximum absolute atomic E-state index is 13.4. The van der Waals surface area contributed by atoms with Crippen molar-refractivity contribution in [3.63, 3.8) is 0 Å². The number of hydrogen-bond donors (Lipinski definition) is 1. The molecule has 2 saturated carbocycles. The Hall–Kier alpha value is -2.37. The third kappa shape index (κ3) is 4.68. The molecular weight excluding hydrogens is 378 g/mol. The van der Waals surface area contributed by atoms with Crippen molar-refractivity contribution in [2.24, 2.45) is 0 Å². The fraction of sp³-hybridized carbons (Fsp3) is 0.625. The highest BCUT2D eigenvalue weighted by Crippen LogP contribution is 2.30. The Balaban J connectivity index is 1.44. The maximum atomic E-state index is 13.4. The fourth-order valence-electron chi connectivity index (χ4n) is 5.36. The van der Waals surface area contributed by atoms with E-state index in [0.29, 0.717) is 6.42 Å². The number of rotatable bonds is 6. The van der Waals surface area contributed by atoms with Gasteiger partial charge in [-0.2, -0.15) is 0 Å². The van der Waals surface area contributed by atoms with E-state index < -0.39 is 12.1 Å². The lowest BCUT2D eigenvalue weighted by atomic mass is 9.88. The van der Waals surface area contributed by atoms with Crippen LogP contribution >= 0.6 is 0 Å². The van der Waals surface area contributed by atoms with Gasteiger partial charge in [0.25, 0.3) is 5.91 Å². The Kier molecular flexibility index (Phi) is 6.70. The van der Waals surface area contributed by atoms with E-state index in [4.69, 9.17) is 0 Å². The number of benzene rings is 1. The van der Waals surface area contributed by atoms with E-state index in [-0.39, 0.29) is 30.4 Å². The van der Waals surface area contributed by atoms with Gasteiger partial charge < -0.3 is 10.2 Å². The monoisotopic (exact) mass is 411 g/mol. The number of nitrogens with zero attached hydrogens (tertiary/aromatic N) is 2. The summed E-state index contributed by atoms with van der Waals surface area (Å²) in [6.45, 7) is -0.136. The summed E-state index contributed by atoms with van der Waals surface area (Å²) in [6.07, 6.45) is 11.7. The molecule has 1 aromatic rings. The van der Waals surface area contributed by atoms with Crippen LogP contribution in [0.15, 0.2) is 30.3 Å². The molecule has 1 atom stereocenters.